The molecule has 2 rings (SSSR count). The highest BCUT2D eigenvalue weighted by atomic mass is 16.1. The smallest absolute Gasteiger partial charge is 0.221 e. The maximum Gasteiger partial charge on any atom is 0.221 e. The lowest BCUT2D eigenvalue weighted by Gasteiger charge is -2.11. The van der Waals surface area contributed by atoms with Gasteiger partial charge in [-0.2, -0.15) is 0 Å². The van der Waals surface area contributed by atoms with Crippen LogP contribution >= 0.6 is 0 Å². The molecule has 0 unspecified atom stereocenters. The van der Waals surface area contributed by atoms with Gasteiger partial charge >= 0.3 is 0 Å². The van der Waals surface area contributed by atoms with Crippen molar-refractivity contribution in [1.82, 2.24) is 4.98 Å². The highest BCUT2D eigenvalue weighted by molar-refractivity contribution is 6.01. The molecule has 1 heterocycles. The summed E-state index contributed by atoms with van der Waals surface area (Å²) in [7, 11) is 0. The van der Waals surface area contributed by atoms with Gasteiger partial charge in [0, 0.05) is 18.0 Å². The van der Waals surface area contributed by atoms with Crippen LogP contribution in [-0.4, -0.2) is 10.9 Å². The highest BCUT2D eigenvalue weighted by Gasteiger charge is 2.08. The Balaban J connectivity index is 2.77. The first-order chi connectivity index (χ1) is 7.97. The van der Waals surface area contributed by atoms with E-state index in [2.05, 4.69) is 22.4 Å². The Morgan fingerprint density at radius 3 is 2.53 bits per heavy atom. The van der Waals surface area contributed by atoms with Gasteiger partial charge in [0.05, 0.1) is 11.2 Å². The third kappa shape index (κ3) is 2.28. The molecule has 0 aliphatic rings. The third-order valence-electron chi connectivity index (χ3n) is 2.69. The molecule has 2 aromatic rings. The van der Waals surface area contributed by atoms with Crippen molar-refractivity contribution in [2.75, 3.05) is 5.32 Å². The summed E-state index contributed by atoms with van der Waals surface area (Å²) in [5, 5.41) is 3.87. The average Bonchev–Trinajstić information content (AvgIpc) is 2.19. The Hall–Kier alpha value is -1.90. The zero-order chi connectivity index (χ0) is 12.6. The van der Waals surface area contributed by atoms with Crippen LogP contribution in [0.1, 0.15) is 23.7 Å². The standard InChI is InChI=1S/C14H16N2O/c1-8-5-9(2)14-12(6-8)13(16-11(4)17)7-10(3)15-14/h5-7H,1-4H3,(H,15,16,17). The van der Waals surface area contributed by atoms with Gasteiger partial charge < -0.3 is 5.32 Å². The summed E-state index contributed by atoms with van der Waals surface area (Å²) in [6.45, 7) is 7.54. The van der Waals surface area contributed by atoms with Gasteiger partial charge in [0.25, 0.3) is 0 Å². The van der Waals surface area contributed by atoms with E-state index in [4.69, 9.17) is 0 Å². The first kappa shape index (κ1) is 11.6. The largest absolute Gasteiger partial charge is 0.326 e. The number of hydrogen-bond acceptors (Lipinski definition) is 2. The predicted molar refractivity (Wildman–Crippen MR) is 70.3 cm³/mol. The molecule has 1 amide bonds. The number of amides is 1. The monoisotopic (exact) mass is 228 g/mol. The molecule has 1 N–H and O–H groups in total. The number of benzene rings is 1. The number of carbonyl (C=O) groups is 1. The van der Waals surface area contributed by atoms with Gasteiger partial charge in [-0.15, -0.1) is 0 Å². The van der Waals surface area contributed by atoms with Crippen molar-refractivity contribution in [3.63, 3.8) is 0 Å². The highest BCUT2D eigenvalue weighted by Crippen LogP contribution is 2.26. The molecule has 0 saturated carbocycles. The van der Waals surface area contributed by atoms with Crippen molar-refractivity contribution < 1.29 is 4.79 Å². The van der Waals surface area contributed by atoms with E-state index in [0.717, 1.165) is 27.8 Å². The minimum atomic E-state index is -0.0592. The molecular weight excluding hydrogens is 212 g/mol. The van der Waals surface area contributed by atoms with Crippen molar-refractivity contribution in [2.45, 2.75) is 27.7 Å². The number of hydrogen-bond donors (Lipinski definition) is 1. The molecule has 0 radical (unpaired) electrons. The molecule has 17 heavy (non-hydrogen) atoms. The van der Waals surface area contributed by atoms with Crippen LogP contribution < -0.4 is 5.32 Å². The summed E-state index contributed by atoms with van der Waals surface area (Å²) in [5.41, 5.74) is 5.02. The summed E-state index contributed by atoms with van der Waals surface area (Å²) in [5.74, 6) is -0.0592. The molecule has 88 valence electrons. The fourth-order valence-electron chi connectivity index (χ4n) is 2.10. The maximum atomic E-state index is 11.2. The lowest BCUT2D eigenvalue weighted by atomic mass is 10.0. The first-order valence-electron chi connectivity index (χ1n) is 5.63. The lowest BCUT2D eigenvalue weighted by molar-refractivity contribution is -0.114. The fraction of sp³-hybridized carbons (Fsp3) is 0.286. The number of aryl methyl sites for hydroxylation is 3. The van der Waals surface area contributed by atoms with Gasteiger partial charge in [-0.1, -0.05) is 11.6 Å². The minimum Gasteiger partial charge on any atom is -0.326 e. The predicted octanol–water partition coefficient (Wildman–Crippen LogP) is 3.12. The van der Waals surface area contributed by atoms with Crippen LogP contribution in [0.3, 0.4) is 0 Å². The van der Waals surface area contributed by atoms with Crippen LogP contribution in [-0.2, 0) is 4.79 Å². The zero-order valence-electron chi connectivity index (χ0n) is 10.6. The summed E-state index contributed by atoms with van der Waals surface area (Å²) < 4.78 is 0. The van der Waals surface area contributed by atoms with Crippen LogP contribution in [0, 0.1) is 20.8 Å². The number of anilines is 1. The van der Waals surface area contributed by atoms with Crippen molar-refractivity contribution >= 4 is 22.5 Å². The maximum absolute atomic E-state index is 11.2. The molecule has 0 aliphatic heterocycles. The molecule has 0 saturated heterocycles. The van der Waals surface area contributed by atoms with Gasteiger partial charge in [-0.3, -0.25) is 9.78 Å². The van der Waals surface area contributed by atoms with Gasteiger partial charge in [0.15, 0.2) is 0 Å². The summed E-state index contributed by atoms with van der Waals surface area (Å²) in [6.07, 6.45) is 0. The van der Waals surface area contributed by atoms with Crippen molar-refractivity contribution in [3.8, 4) is 0 Å². The third-order valence-corrected chi connectivity index (χ3v) is 2.69. The van der Waals surface area contributed by atoms with Crippen LogP contribution in [0.2, 0.25) is 0 Å². The summed E-state index contributed by atoms with van der Waals surface area (Å²) >= 11 is 0. The summed E-state index contributed by atoms with van der Waals surface area (Å²) in [4.78, 5) is 15.7. The summed E-state index contributed by atoms with van der Waals surface area (Å²) in [6, 6.07) is 6.06. The van der Waals surface area contributed by atoms with E-state index in [9.17, 15) is 4.79 Å². The molecule has 1 aromatic heterocycles. The van der Waals surface area contributed by atoms with Crippen LogP contribution in [0.4, 0.5) is 5.69 Å². The molecule has 0 atom stereocenters. The molecular formula is C14H16N2O. The number of nitrogens with one attached hydrogen (secondary N) is 1. The number of nitrogens with zero attached hydrogens (tertiary/aromatic N) is 1. The quantitative estimate of drug-likeness (QED) is 0.814. The Kier molecular flexibility index (Phi) is 2.84. The Morgan fingerprint density at radius 2 is 1.88 bits per heavy atom. The second kappa shape index (κ2) is 4.17. The zero-order valence-corrected chi connectivity index (χ0v) is 10.6. The van der Waals surface area contributed by atoms with E-state index in [-0.39, 0.29) is 5.91 Å². The Labute approximate surface area is 101 Å². The van der Waals surface area contributed by atoms with E-state index in [1.165, 1.54) is 12.5 Å². The molecule has 3 heteroatoms. The van der Waals surface area contributed by atoms with Gasteiger partial charge in [0.2, 0.25) is 5.91 Å². The first-order valence-corrected chi connectivity index (χ1v) is 5.63. The van der Waals surface area contributed by atoms with E-state index in [1.807, 2.05) is 26.8 Å². The van der Waals surface area contributed by atoms with Crippen molar-refractivity contribution in [3.05, 3.63) is 35.0 Å². The number of pyridine rings is 1. The molecule has 0 aliphatic carbocycles. The molecule has 0 fully saturated rings. The fourth-order valence-corrected chi connectivity index (χ4v) is 2.10. The van der Waals surface area contributed by atoms with Crippen LogP contribution in [0.5, 0.6) is 0 Å². The van der Waals surface area contributed by atoms with Crippen LogP contribution in [0.25, 0.3) is 10.9 Å². The minimum absolute atomic E-state index is 0.0592. The van der Waals surface area contributed by atoms with Crippen molar-refractivity contribution in [1.29, 1.82) is 0 Å². The second-order valence-electron chi connectivity index (χ2n) is 4.47. The number of rotatable bonds is 1. The second-order valence-corrected chi connectivity index (χ2v) is 4.47. The van der Waals surface area contributed by atoms with E-state index in [1.54, 1.807) is 0 Å². The number of aromatic nitrogens is 1. The Morgan fingerprint density at radius 1 is 1.18 bits per heavy atom. The van der Waals surface area contributed by atoms with E-state index in [0.29, 0.717) is 0 Å². The topological polar surface area (TPSA) is 42.0 Å². The van der Waals surface area contributed by atoms with Gasteiger partial charge in [0.1, 0.15) is 0 Å². The molecule has 3 nitrogen and oxygen atoms in total. The van der Waals surface area contributed by atoms with Crippen molar-refractivity contribution in [2.24, 2.45) is 0 Å². The number of carbonyl (C=O) groups excluding carboxylic acids is 1. The molecule has 0 bridgehead atoms. The average molecular weight is 228 g/mol. The van der Waals surface area contributed by atoms with Crippen LogP contribution in [0.15, 0.2) is 18.2 Å². The lowest BCUT2D eigenvalue weighted by Crippen LogP contribution is -2.07. The molecule has 0 spiro atoms. The van der Waals surface area contributed by atoms with E-state index < -0.39 is 0 Å². The SMILES string of the molecule is CC(=O)Nc1cc(C)nc2c(C)cc(C)cc12. The Bertz CT molecular complexity index is 603. The van der Waals surface area contributed by atoms with E-state index >= 15 is 0 Å². The normalized spacial score (nSPS) is 10.6. The van der Waals surface area contributed by atoms with Gasteiger partial charge in [-0.05, 0) is 38.5 Å². The van der Waals surface area contributed by atoms with Gasteiger partial charge in [-0.25, -0.2) is 0 Å². The number of fused-ring (bicyclic) bond motifs is 1. The molecule has 1 aromatic carbocycles.